The van der Waals surface area contributed by atoms with Gasteiger partial charge in [0.1, 0.15) is 0 Å². The second kappa shape index (κ2) is 3.49. The molecule has 4 atom stereocenters. The summed E-state index contributed by atoms with van der Waals surface area (Å²) in [6.45, 7) is 4.58. The highest BCUT2D eigenvalue weighted by Gasteiger charge is 2.48. The van der Waals surface area contributed by atoms with Crippen molar-refractivity contribution in [3.63, 3.8) is 0 Å². The number of hydrogen-bond acceptors (Lipinski definition) is 2. The monoisotopic (exact) mass is 197 g/mol. The van der Waals surface area contributed by atoms with Crippen LogP contribution in [0.1, 0.15) is 46.0 Å². The van der Waals surface area contributed by atoms with E-state index in [-0.39, 0.29) is 11.6 Å². The van der Waals surface area contributed by atoms with Crippen LogP contribution in [0.15, 0.2) is 0 Å². The molecule has 0 aromatic heterocycles. The first-order valence-electron chi connectivity index (χ1n) is 5.96. The molecule has 0 aromatic rings. The van der Waals surface area contributed by atoms with Crippen molar-refractivity contribution >= 4 is 0 Å². The molecule has 82 valence electrons. The maximum Gasteiger partial charge on any atom is 0.0600 e. The van der Waals surface area contributed by atoms with Crippen LogP contribution in [0.5, 0.6) is 0 Å². The Morgan fingerprint density at radius 2 is 2.07 bits per heavy atom. The molecule has 1 saturated carbocycles. The van der Waals surface area contributed by atoms with Crippen molar-refractivity contribution in [2.24, 2.45) is 5.92 Å². The minimum Gasteiger partial charge on any atom is -0.393 e. The van der Waals surface area contributed by atoms with Crippen LogP contribution < -0.4 is 0 Å². The molecule has 14 heavy (non-hydrogen) atoms. The highest BCUT2D eigenvalue weighted by Crippen LogP contribution is 2.44. The van der Waals surface area contributed by atoms with Crippen molar-refractivity contribution in [3.05, 3.63) is 0 Å². The van der Waals surface area contributed by atoms with Crippen LogP contribution in [0.4, 0.5) is 0 Å². The van der Waals surface area contributed by atoms with E-state index in [9.17, 15) is 5.11 Å². The summed E-state index contributed by atoms with van der Waals surface area (Å²) in [6.07, 6.45) is 6.00. The lowest BCUT2D eigenvalue weighted by Gasteiger charge is -2.56. The van der Waals surface area contributed by atoms with Crippen LogP contribution >= 0.6 is 0 Å². The predicted octanol–water partition coefficient (Wildman–Crippen LogP) is 2.02. The molecular formula is C12H23NO. The lowest BCUT2D eigenvalue weighted by atomic mass is 9.66. The standard InChI is InChI=1S/C12H23NO/c1-9-8-11(14)10-6-4-5-7-12(10,2)13(9)3/h9-11,14H,4-8H2,1-3H3/t9-,10-,11?,12+/m1/s1. The largest absolute Gasteiger partial charge is 0.393 e. The summed E-state index contributed by atoms with van der Waals surface area (Å²) < 4.78 is 0. The summed E-state index contributed by atoms with van der Waals surface area (Å²) in [5.41, 5.74) is 0.259. The number of fused-ring (bicyclic) bond motifs is 1. The van der Waals surface area contributed by atoms with Crippen LogP contribution in [0.2, 0.25) is 0 Å². The first kappa shape index (κ1) is 10.4. The van der Waals surface area contributed by atoms with Crippen LogP contribution in [0.25, 0.3) is 0 Å². The first-order chi connectivity index (χ1) is 6.55. The molecule has 0 spiro atoms. The zero-order chi connectivity index (χ0) is 10.3. The molecule has 1 heterocycles. The fourth-order valence-electron chi connectivity index (χ4n) is 3.56. The molecule has 2 heteroatoms. The summed E-state index contributed by atoms with van der Waals surface area (Å²) >= 11 is 0. The van der Waals surface area contributed by atoms with E-state index in [0.29, 0.717) is 12.0 Å². The van der Waals surface area contributed by atoms with Gasteiger partial charge in [-0.15, -0.1) is 0 Å². The van der Waals surface area contributed by atoms with Crippen molar-refractivity contribution in [3.8, 4) is 0 Å². The Hall–Kier alpha value is -0.0800. The topological polar surface area (TPSA) is 23.5 Å². The lowest BCUT2D eigenvalue weighted by Crippen LogP contribution is -2.62. The average molecular weight is 197 g/mol. The maximum atomic E-state index is 10.1. The minimum atomic E-state index is -0.0634. The van der Waals surface area contributed by atoms with Crippen molar-refractivity contribution in [2.75, 3.05) is 7.05 Å². The van der Waals surface area contributed by atoms with E-state index in [1.54, 1.807) is 0 Å². The summed E-state index contributed by atoms with van der Waals surface area (Å²) in [5.74, 6) is 0.512. The van der Waals surface area contributed by atoms with Crippen LogP contribution in [-0.4, -0.2) is 34.7 Å². The number of nitrogens with zero attached hydrogens (tertiary/aromatic N) is 1. The quantitative estimate of drug-likeness (QED) is 0.642. The van der Waals surface area contributed by atoms with Gasteiger partial charge in [-0.2, -0.15) is 0 Å². The fourth-order valence-corrected chi connectivity index (χ4v) is 3.56. The van der Waals surface area contributed by atoms with Gasteiger partial charge in [0.2, 0.25) is 0 Å². The normalized spacial score (nSPS) is 50.1. The second-order valence-electron chi connectivity index (χ2n) is 5.47. The Morgan fingerprint density at radius 3 is 2.79 bits per heavy atom. The molecule has 1 N–H and O–H groups in total. The molecule has 2 aliphatic rings. The van der Waals surface area contributed by atoms with Crippen molar-refractivity contribution in [1.82, 2.24) is 4.90 Å². The maximum absolute atomic E-state index is 10.1. The number of hydrogen-bond donors (Lipinski definition) is 1. The molecule has 1 aliphatic heterocycles. The van der Waals surface area contributed by atoms with E-state index in [4.69, 9.17) is 0 Å². The summed E-state index contributed by atoms with van der Waals surface area (Å²) in [5, 5.41) is 10.1. The van der Waals surface area contributed by atoms with Gasteiger partial charge < -0.3 is 5.11 Å². The molecule has 1 aliphatic carbocycles. The molecule has 0 radical (unpaired) electrons. The number of piperidine rings is 1. The lowest BCUT2D eigenvalue weighted by molar-refractivity contribution is -0.103. The Bertz CT molecular complexity index is 218. The van der Waals surface area contributed by atoms with Crippen LogP contribution in [0.3, 0.4) is 0 Å². The van der Waals surface area contributed by atoms with Gasteiger partial charge in [0, 0.05) is 17.5 Å². The third-order valence-electron chi connectivity index (χ3n) is 4.76. The van der Waals surface area contributed by atoms with E-state index >= 15 is 0 Å². The van der Waals surface area contributed by atoms with Crippen LogP contribution in [0, 0.1) is 5.92 Å². The molecular weight excluding hydrogens is 174 g/mol. The molecule has 0 aromatic carbocycles. The van der Waals surface area contributed by atoms with Gasteiger partial charge in [0.25, 0.3) is 0 Å². The molecule has 0 bridgehead atoms. The molecule has 2 nitrogen and oxygen atoms in total. The zero-order valence-electron chi connectivity index (χ0n) is 9.66. The molecule has 2 fully saturated rings. The first-order valence-corrected chi connectivity index (χ1v) is 5.96. The second-order valence-corrected chi connectivity index (χ2v) is 5.47. The number of aliphatic hydroxyl groups excluding tert-OH is 1. The Morgan fingerprint density at radius 1 is 1.36 bits per heavy atom. The number of rotatable bonds is 0. The highest BCUT2D eigenvalue weighted by atomic mass is 16.3. The van der Waals surface area contributed by atoms with Gasteiger partial charge in [-0.1, -0.05) is 12.8 Å². The number of likely N-dealkylation sites (tertiary alicyclic amines) is 1. The minimum absolute atomic E-state index is 0.0634. The third-order valence-corrected chi connectivity index (χ3v) is 4.76. The van der Waals surface area contributed by atoms with Crippen molar-refractivity contribution in [1.29, 1.82) is 0 Å². The van der Waals surface area contributed by atoms with Gasteiger partial charge in [-0.05, 0) is 40.2 Å². The van der Waals surface area contributed by atoms with E-state index in [0.717, 1.165) is 6.42 Å². The fraction of sp³-hybridized carbons (Fsp3) is 1.00. The smallest absolute Gasteiger partial charge is 0.0600 e. The summed E-state index contributed by atoms with van der Waals surface area (Å²) in [7, 11) is 2.23. The van der Waals surface area contributed by atoms with E-state index in [1.807, 2.05) is 0 Å². The summed E-state index contributed by atoms with van der Waals surface area (Å²) in [6, 6.07) is 0.532. The Kier molecular flexibility index (Phi) is 2.61. The number of aliphatic hydroxyl groups is 1. The molecule has 1 unspecified atom stereocenters. The van der Waals surface area contributed by atoms with E-state index in [1.165, 1.54) is 25.7 Å². The SMILES string of the molecule is C[C@@H]1CC(O)[C@H]2CCCC[C@]2(C)N1C. The third kappa shape index (κ3) is 1.40. The average Bonchev–Trinajstić information content (AvgIpc) is 2.15. The van der Waals surface area contributed by atoms with E-state index < -0.39 is 0 Å². The zero-order valence-corrected chi connectivity index (χ0v) is 9.66. The Balaban J connectivity index is 2.24. The predicted molar refractivity (Wildman–Crippen MR) is 58.2 cm³/mol. The highest BCUT2D eigenvalue weighted by molar-refractivity contribution is 5.02. The van der Waals surface area contributed by atoms with Gasteiger partial charge in [0.15, 0.2) is 0 Å². The van der Waals surface area contributed by atoms with Gasteiger partial charge in [0.05, 0.1) is 6.10 Å². The van der Waals surface area contributed by atoms with Crippen molar-refractivity contribution in [2.45, 2.75) is 63.6 Å². The Labute approximate surface area is 87.3 Å². The molecule has 2 rings (SSSR count). The van der Waals surface area contributed by atoms with Crippen LogP contribution in [-0.2, 0) is 0 Å². The molecule has 1 saturated heterocycles. The van der Waals surface area contributed by atoms with Gasteiger partial charge in [-0.25, -0.2) is 0 Å². The van der Waals surface area contributed by atoms with Gasteiger partial charge in [-0.3, -0.25) is 4.90 Å². The molecule has 0 amide bonds. The summed E-state index contributed by atoms with van der Waals surface area (Å²) in [4.78, 5) is 2.50. The van der Waals surface area contributed by atoms with E-state index in [2.05, 4.69) is 25.8 Å². The van der Waals surface area contributed by atoms with Gasteiger partial charge >= 0.3 is 0 Å². The van der Waals surface area contributed by atoms with Crippen molar-refractivity contribution < 1.29 is 5.11 Å².